The second-order valence-electron chi connectivity index (χ2n) is 5.58. The molecule has 0 saturated heterocycles. The van der Waals surface area contributed by atoms with E-state index < -0.39 is 0 Å². The van der Waals surface area contributed by atoms with E-state index in [-0.39, 0.29) is 5.91 Å². The van der Waals surface area contributed by atoms with E-state index in [1.165, 1.54) is 25.7 Å². The zero-order valence-electron chi connectivity index (χ0n) is 11.8. The molecule has 1 saturated carbocycles. The number of hydrogen-bond acceptors (Lipinski definition) is 3. The Kier molecular flexibility index (Phi) is 7.28. The molecule has 1 fully saturated rings. The van der Waals surface area contributed by atoms with Gasteiger partial charge in [-0.25, -0.2) is 0 Å². The molecule has 0 radical (unpaired) electrons. The maximum absolute atomic E-state index is 11.4. The summed E-state index contributed by atoms with van der Waals surface area (Å²) in [6, 6.07) is 0. The van der Waals surface area contributed by atoms with Gasteiger partial charge in [0.15, 0.2) is 0 Å². The van der Waals surface area contributed by atoms with E-state index in [0.29, 0.717) is 24.9 Å². The van der Waals surface area contributed by atoms with Crippen LogP contribution in [0.1, 0.15) is 38.5 Å². The van der Waals surface area contributed by atoms with Gasteiger partial charge in [0.25, 0.3) is 0 Å². The van der Waals surface area contributed by atoms with Gasteiger partial charge in [-0.1, -0.05) is 12.8 Å². The molecule has 0 aliphatic heterocycles. The van der Waals surface area contributed by atoms with Crippen LogP contribution in [0.5, 0.6) is 0 Å². The summed E-state index contributed by atoms with van der Waals surface area (Å²) in [5.74, 6) is 1.30. The summed E-state index contributed by atoms with van der Waals surface area (Å²) in [7, 11) is 3.59. The number of carbonyl (C=O) groups excluding carboxylic acids is 1. The Hall–Kier alpha value is -0.610. The lowest BCUT2D eigenvalue weighted by Crippen LogP contribution is -2.33. The summed E-state index contributed by atoms with van der Waals surface area (Å²) >= 11 is 0. The van der Waals surface area contributed by atoms with Gasteiger partial charge in [-0.3, -0.25) is 4.79 Å². The number of aliphatic hydroxyl groups is 1. The number of nitrogens with zero attached hydrogens (tertiary/aromatic N) is 1. The molecule has 106 valence electrons. The first kappa shape index (κ1) is 15.4. The normalized spacial score (nSPS) is 23.9. The second kappa shape index (κ2) is 8.48. The number of aliphatic hydroxyl groups excluding tert-OH is 1. The monoisotopic (exact) mass is 256 g/mol. The van der Waals surface area contributed by atoms with E-state index in [4.69, 9.17) is 0 Å². The van der Waals surface area contributed by atoms with Gasteiger partial charge in [0.05, 0.1) is 0 Å². The van der Waals surface area contributed by atoms with Gasteiger partial charge in [-0.2, -0.15) is 0 Å². The van der Waals surface area contributed by atoms with Crippen molar-refractivity contribution in [2.45, 2.75) is 38.5 Å². The zero-order chi connectivity index (χ0) is 13.4. The first-order valence-corrected chi connectivity index (χ1v) is 7.17. The van der Waals surface area contributed by atoms with Gasteiger partial charge in [0.1, 0.15) is 0 Å². The fraction of sp³-hybridized carbons (Fsp3) is 0.929. The molecule has 1 aliphatic rings. The van der Waals surface area contributed by atoms with Gasteiger partial charge in [-0.05, 0) is 44.2 Å². The maximum atomic E-state index is 11.4. The minimum atomic E-state index is 0.197. The minimum absolute atomic E-state index is 0.197. The molecule has 18 heavy (non-hydrogen) atoms. The van der Waals surface area contributed by atoms with E-state index in [1.807, 2.05) is 0 Å². The van der Waals surface area contributed by atoms with Crippen LogP contribution >= 0.6 is 0 Å². The highest BCUT2D eigenvalue weighted by molar-refractivity contribution is 5.75. The molecule has 0 aromatic carbocycles. The van der Waals surface area contributed by atoms with Crippen LogP contribution in [-0.2, 0) is 4.79 Å². The van der Waals surface area contributed by atoms with E-state index in [2.05, 4.69) is 5.32 Å². The smallest absolute Gasteiger partial charge is 0.222 e. The van der Waals surface area contributed by atoms with Crippen LogP contribution in [0.2, 0.25) is 0 Å². The summed E-state index contributed by atoms with van der Waals surface area (Å²) in [5, 5.41) is 12.8. The van der Waals surface area contributed by atoms with Crippen LogP contribution in [0, 0.1) is 11.8 Å². The average molecular weight is 256 g/mol. The zero-order valence-corrected chi connectivity index (χ0v) is 11.8. The fourth-order valence-electron chi connectivity index (χ4n) is 2.67. The quantitative estimate of drug-likeness (QED) is 0.674. The Labute approximate surface area is 111 Å². The summed E-state index contributed by atoms with van der Waals surface area (Å²) < 4.78 is 0. The van der Waals surface area contributed by atoms with Crippen LogP contribution in [0.25, 0.3) is 0 Å². The van der Waals surface area contributed by atoms with Crippen molar-refractivity contribution < 1.29 is 9.90 Å². The molecule has 1 amide bonds. The van der Waals surface area contributed by atoms with Crippen molar-refractivity contribution in [3.8, 4) is 0 Å². The van der Waals surface area contributed by atoms with E-state index >= 15 is 0 Å². The first-order chi connectivity index (χ1) is 8.65. The van der Waals surface area contributed by atoms with E-state index in [1.54, 1.807) is 19.0 Å². The number of amides is 1. The predicted molar refractivity (Wildman–Crippen MR) is 73.3 cm³/mol. The van der Waals surface area contributed by atoms with E-state index in [9.17, 15) is 9.90 Å². The van der Waals surface area contributed by atoms with Gasteiger partial charge in [-0.15, -0.1) is 0 Å². The molecule has 2 N–H and O–H groups in total. The summed E-state index contributed by atoms with van der Waals surface area (Å²) in [4.78, 5) is 13.0. The Balaban J connectivity index is 2.08. The second-order valence-corrected chi connectivity index (χ2v) is 5.58. The number of carbonyl (C=O) groups is 1. The van der Waals surface area contributed by atoms with Crippen LogP contribution in [0.15, 0.2) is 0 Å². The molecule has 0 aromatic heterocycles. The predicted octanol–water partition coefficient (Wildman–Crippen LogP) is 1.24. The maximum Gasteiger partial charge on any atom is 0.222 e. The van der Waals surface area contributed by atoms with Crippen LogP contribution in [0.3, 0.4) is 0 Å². The molecule has 1 rings (SSSR count). The Morgan fingerprint density at radius 1 is 1.28 bits per heavy atom. The highest BCUT2D eigenvalue weighted by Crippen LogP contribution is 2.28. The molecule has 2 unspecified atom stereocenters. The van der Waals surface area contributed by atoms with Crippen molar-refractivity contribution in [1.82, 2.24) is 10.2 Å². The first-order valence-electron chi connectivity index (χ1n) is 7.17. The molecule has 4 nitrogen and oxygen atoms in total. The number of nitrogens with one attached hydrogen (secondary N) is 1. The summed E-state index contributed by atoms with van der Waals surface area (Å²) in [5.41, 5.74) is 0. The average Bonchev–Trinajstić information content (AvgIpc) is 2.38. The highest BCUT2D eigenvalue weighted by Gasteiger charge is 2.23. The minimum Gasteiger partial charge on any atom is -0.396 e. The molecular formula is C14H28N2O2. The lowest BCUT2D eigenvalue weighted by molar-refractivity contribution is -0.128. The third kappa shape index (κ3) is 5.36. The van der Waals surface area contributed by atoms with Crippen molar-refractivity contribution in [2.24, 2.45) is 11.8 Å². The van der Waals surface area contributed by atoms with Crippen molar-refractivity contribution >= 4 is 5.91 Å². The van der Waals surface area contributed by atoms with Crippen molar-refractivity contribution in [3.05, 3.63) is 0 Å². The van der Waals surface area contributed by atoms with Crippen LogP contribution in [-0.4, -0.2) is 49.7 Å². The summed E-state index contributed by atoms with van der Waals surface area (Å²) in [6.07, 6.45) is 6.47. The number of hydrogen-bond donors (Lipinski definition) is 2. The molecule has 0 spiro atoms. The lowest BCUT2D eigenvalue weighted by Gasteiger charge is -2.30. The third-order valence-corrected chi connectivity index (χ3v) is 3.95. The Morgan fingerprint density at radius 3 is 2.56 bits per heavy atom. The van der Waals surface area contributed by atoms with Crippen LogP contribution in [0.4, 0.5) is 0 Å². The van der Waals surface area contributed by atoms with Gasteiger partial charge < -0.3 is 15.3 Å². The highest BCUT2D eigenvalue weighted by atomic mass is 16.3. The molecule has 1 aliphatic carbocycles. The van der Waals surface area contributed by atoms with E-state index in [0.717, 1.165) is 19.5 Å². The van der Waals surface area contributed by atoms with Gasteiger partial charge in [0, 0.05) is 27.1 Å². The largest absolute Gasteiger partial charge is 0.396 e. The molecule has 0 aromatic rings. The van der Waals surface area contributed by atoms with Crippen molar-refractivity contribution in [1.29, 1.82) is 0 Å². The van der Waals surface area contributed by atoms with Gasteiger partial charge in [0.2, 0.25) is 5.91 Å². The van der Waals surface area contributed by atoms with Crippen LogP contribution < -0.4 is 5.32 Å². The Bertz CT molecular complexity index is 244. The molecular weight excluding hydrogens is 228 g/mol. The molecule has 0 bridgehead atoms. The van der Waals surface area contributed by atoms with Crippen molar-refractivity contribution in [2.75, 3.05) is 33.8 Å². The Morgan fingerprint density at radius 2 is 1.94 bits per heavy atom. The van der Waals surface area contributed by atoms with Crippen molar-refractivity contribution in [3.63, 3.8) is 0 Å². The van der Waals surface area contributed by atoms with Gasteiger partial charge >= 0.3 is 0 Å². The standard InChI is InChI=1S/C14H28N2O2/c1-16(2)14(18)8-5-9-15-10-12-6-3-4-7-13(12)11-17/h12-13,15,17H,3-11H2,1-2H3. The molecule has 4 heteroatoms. The fourth-order valence-corrected chi connectivity index (χ4v) is 2.67. The third-order valence-electron chi connectivity index (χ3n) is 3.95. The summed E-state index contributed by atoms with van der Waals surface area (Å²) in [6.45, 7) is 2.21. The molecule has 0 heterocycles. The molecule has 2 atom stereocenters. The number of rotatable bonds is 7. The SMILES string of the molecule is CN(C)C(=O)CCCNCC1CCCCC1CO. The topological polar surface area (TPSA) is 52.6 Å². The lowest BCUT2D eigenvalue weighted by atomic mass is 9.79.